The number of pyridine rings is 1. The van der Waals surface area contributed by atoms with E-state index in [1.54, 1.807) is 29.6 Å². The number of hydrogen-bond acceptors (Lipinski definition) is 5. The number of aliphatic imine (C=N–C) groups is 1. The van der Waals surface area contributed by atoms with Crippen molar-refractivity contribution in [2.45, 2.75) is 12.8 Å². The molecule has 1 aromatic heterocycles. The third kappa shape index (κ3) is 4.26. The summed E-state index contributed by atoms with van der Waals surface area (Å²) in [5.41, 5.74) is 8.57. The number of nitrogens with two attached hydrogens (primary N) is 1. The fraction of sp³-hybridized carbons (Fsp3) is 0.350. The van der Waals surface area contributed by atoms with Gasteiger partial charge in [-0.05, 0) is 49.6 Å². The van der Waals surface area contributed by atoms with E-state index in [9.17, 15) is 4.79 Å². The number of allylic oxidation sites excluding steroid dienone is 1. The molecule has 2 amide bonds. The maximum atomic E-state index is 12.7. The summed E-state index contributed by atoms with van der Waals surface area (Å²) < 4.78 is 0. The minimum Gasteiger partial charge on any atom is -0.370 e. The number of nitrogens with one attached hydrogen (secondary N) is 1. The first kappa shape index (κ1) is 20.1. The molecule has 1 fully saturated rings. The Morgan fingerprint density at radius 3 is 2.82 bits per heavy atom. The Labute approximate surface area is 170 Å². The van der Waals surface area contributed by atoms with E-state index in [1.165, 1.54) is 0 Å². The highest BCUT2D eigenvalue weighted by Crippen LogP contribution is 2.33. The van der Waals surface area contributed by atoms with Crippen LogP contribution in [0.4, 0.5) is 16.2 Å². The van der Waals surface area contributed by atoms with E-state index in [0.717, 1.165) is 54.8 Å². The summed E-state index contributed by atoms with van der Waals surface area (Å²) in [6, 6.07) is 7.79. The SMILES string of the molecule is Cl.NCC1CCN(c2cc3ncccc3cc2NC(=O)N2C=CC=NC2)CC1. The van der Waals surface area contributed by atoms with Gasteiger partial charge in [-0.15, -0.1) is 12.4 Å². The first-order valence-electron chi connectivity index (χ1n) is 9.32. The standard InChI is InChI=1S/C20H24N6O.ClH/c21-13-15-4-9-25(10-5-15)19-12-17-16(3-1-7-23-17)11-18(19)24-20(27)26-8-2-6-22-14-26;/h1-3,6-8,11-12,15H,4-5,9-10,13-14,21H2,(H,24,27);1H. The van der Waals surface area contributed by atoms with Gasteiger partial charge in [-0.2, -0.15) is 0 Å². The number of rotatable bonds is 3. The molecule has 0 unspecified atom stereocenters. The third-order valence-electron chi connectivity index (χ3n) is 5.20. The Balaban J connectivity index is 0.00000225. The highest BCUT2D eigenvalue weighted by Gasteiger charge is 2.22. The third-order valence-corrected chi connectivity index (χ3v) is 5.20. The normalized spacial score (nSPS) is 16.9. The lowest BCUT2D eigenvalue weighted by Gasteiger charge is -2.34. The quantitative estimate of drug-likeness (QED) is 0.828. The van der Waals surface area contributed by atoms with Crippen LogP contribution in [-0.4, -0.2) is 48.4 Å². The van der Waals surface area contributed by atoms with Crippen LogP contribution in [0.2, 0.25) is 0 Å². The zero-order valence-electron chi connectivity index (χ0n) is 15.6. The van der Waals surface area contributed by atoms with Crippen molar-refractivity contribution in [3.8, 4) is 0 Å². The summed E-state index contributed by atoms with van der Waals surface area (Å²) in [4.78, 5) is 25.1. The fourth-order valence-corrected chi connectivity index (χ4v) is 3.59. The van der Waals surface area contributed by atoms with E-state index in [2.05, 4.69) is 26.3 Å². The van der Waals surface area contributed by atoms with E-state index in [1.807, 2.05) is 18.2 Å². The van der Waals surface area contributed by atoms with Gasteiger partial charge in [0.15, 0.2) is 0 Å². The topological polar surface area (TPSA) is 86.8 Å². The summed E-state index contributed by atoms with van der Waals surface area (Å²) in [6.45, 7) is 2.92. The van der Waals surface area contributed by atoms with Crippen molar-refractivity contribution in [1.29, 1.82) is 0 Å². The van der Waals surface area contributed by atoms with Crippen LogP contribution in [0.3, 0.4) is 0 Å². The Kier molecular flexibility index (Phi) is 6.49. The molecule has 1 saturated heterocycles. The van der Waals surface area contributed by atoms with Gasteiger partial charge in [0.1, 0.15) is 6.67 Å². The Morgan fingerprint density at radius 2 is 2.11 bits per heavy atom. The first-order valence-corrected chi connectivity index (χ1v) is 9.32. The maximum Gasteiger partial charge on any atom is 0.327 e. The molecule has 148 valence electrons. The number of hydrogen-bond donors (Lipinski definition) is 2. The number of aromatic nitrogens is 1. The van der Waals surface area contributed by atoms with Gasteiger partial charge in [0.2, 0.25) is 0 Å². The van der Waals surface area contributed by atoms with Gasteiger partial charge in [-0.1, -0.05) is 6.07 Å². The van der Waals surface area contributed by atoms with Crippen LogP contribution >= 0.6 is 12.4 Å². The Bertz CT molecular complexity index is 891. The Morgan fingerprint density at radius 1 is 1.29 bits per heavy atom. The van der Waals surface area contributed by atoms with Crippen LogP contribution < -0.4 is 16.0 Å². The lowest BCUT2D eigenvalue weighted by Crippen LogP contribution is -2.37. The van der Waals surface area contributed by atoms with Gasteiger partial charge in [0, 0.05) is 37.1 Å². The lowest BCUT2D eigenvalue weighted by atomic mass is 9.96. The monoisotopic (exact) mass is 400 g/mol. The zero-order chi connectivity index (χ0) is 18.6. The summed E-state index contributed by atoms with van der Waals surface area (Å²) in [5, 5.41) is 4.06. The Hall–Kier alpha value is -2.64. The molecule has 0 radical (unpaired) electrons. The number of nitrogens with zero attached hydrogens (tertiary/aromatic N) is 4. The molecule has 2 aliphatic rings. The van der Waals surface area contributed by atoms with Gasteiger partial charge in [0.25, 0.3) is 0 Å². The number of amides is 2. The van der Waals surface area contributed by atoms with Gasteiger partial charge in [-0.3, -0.25) is 14.9 Å². The molecule has 7 nitrogen and oxygen atoms in total. The van der Waals surface area contributed by atoms with Gasteiger partial charge >= 0.3 is 6.03 Å². The number of carbonyl (C=O) groups excluding carboxylic acids is 1. The van der Waals surface area contributed by atoms with E-state index >= 15 is 0 Å². The van der Waals surface area contributed by atoms with Crippen LogP contribution in [0.1, 0.15) is 12.8 Å². The van der Waals surface area contributed by atoms with Crippen molar-refractivity contribution in [3.05, 3.63) is 42.7 Å². The zero-order valence-corrected chi connectivity index (χ0v) is 16.4. The van der Waals surface area contributed by atoms with Gasteiger partial charge in [0.05, 0.1) is 16.9 Å². The molecule has 0 spiro atoms. The number of anilines is 2. The fourth-order valence-electron chi connectivity index (χ4n) is 3.59. The van der Waals surface area contributed by atoms with Crippen molar-refractivity contribution in [1.82, 2.24) is 9.88 Å². The molecule has 0 aliphatic carbocycles. The predicted octanol–water partition coefficient (Wildman–Crippen LogP) is 3.22. The molecule has 0 saturated carbocycles. The van der Waals surface area contributed by atoms with Crippen LogP contribution in [0, 0.1) is 5.92 Å². The number of halogens is 1. The number of piperidine rings is 1. The second-order valence-corrected chi connectivity index (χ2v) is 6.95. The van der Waals surface area contributed by atoms with Crippen molar-refractivity contribution < 1.29 is 4.79 Å². The highest BCUT2D eigenvalue weighted by atomic mass is 35.5. The number of fused-ring (bicyclic) bond motifs is 1. The van der Waals surface area contributed by atoms with E-state index < -0.39 is 0 Å². The minimum absolute atomic E-state index is 0. The van der Waals surface area contributed by atoms with Crippen LogP contribution in [0.25, 0.3) is 10.9 Å². The number of benzene rings is 1. The molecule has 2 aromatic rings. The smallest absolute Gasteiger partial charge is 0.327 e. The summed E-state index contributed by atoms with van der Waals surface area (Å²) in [6.07, 6.45) is 9.10. The van der Waals surface area contributed by atoms with Crippen LogP contribution in [0.15, 0.2) is 47.7 Å². The van der Waals surface area contributed by atoms with E-state index in [-0.39, 0.29) is 18.4 Å². The van der Waals surface area contributed by atoms with Gasteiger partial charge < -0.3 is 16.0 Å². The predicted molar refractivity (Wildman–Crippen MR) is 116 cm³/mol. The highest BCUT2D eigenvalue weighted by molar-refractivity contribution is 5.99. The first-order chi connectivity index (χ1) is 13.2. The van der Waals surface area contributed by atoms with E-state index in [4.69, 9.17) is 5.73 Å². The molecule has 3 heterocycles. The molecule has 8 heteroatoms. The molecule has 3 N–H and O–H groups in total. The minimum atomic E-state index is -0.190. The number of carbonyl (C=O) groups is 1. The van der Waals surface area contributed by atoms with Crippen molar-refractivity contribution >= 4 is 46.9 Å². The molecule has 2 aliphatic heterocycles. The summed E-state index contributed by atoms with van der Waals surface area (Å²) in [5.74, 6) is 0.578. The summed E-state index contributed by atoms with van der Waals surface area (Å²) >= 11 is 0. The van der Waals surface area contributed by atoms with Crippen molar-refractivity contribution in [3.63, 3.8) is 0 Å². The number of urea groups is 1. The molecule has 28 heavy (non-hydrogen) atoms. The molecule has 1 aromatic carbocycles. The average molecular weight is 401 g/mol. The largest absolute Gasteiger partial charge is 0.370 e. The van der Waals surface area contributed by atoms with Crippen LogP contribution in [-0.2, 0) is 0 Å². The maximum absolute atomic E-state index is 12.7. The second kappa shape index (κ2) is 9.03. The molecule has 4 rings (SSSR count). The molecular formula is C20H25ClN6O. The lowest BCUT2D eigenvalue weighted by molar-refractivity contribution is 0.229. The average Bonchev–Trinajstić information content (AvgIpc) is 2.74. The molecule has 0 atom stereocenters. The van der Waals surface area contributed by atoms with Gasteiger partial charge in [-0.25, -0.2) is 4.79 Å². The summed E-state index contributed by atoms with van der Waals surface area (Å²) in [7, 11) is 0. The van der Waals surface area contributed by atoms with Crippen molar-refractivity contribution in [2.75, 3.05) is 36.5 Å². The second-order valence-electron chi connectivity index (χ2n) is 6.95. The van der Waals surface area contributed by atoms with Crippen molar-refractivity contribution in [2.24, 2.45) is 16.6 Å². The van der Waals surface area contributed by atoms with Crippen LogP contribution in [0.5, 0.6) is 0 Å². The molecular weight excluding hydrogens is 376 g/mol. The molecule has 0 bridgehead atoms. The van der Waals surface area contributed by atoms with E-state index in [0.29, 0.717) is 12.6 Å².